The van der Waals surface area contributed by atoms with Gasteiger partial charge in [-0.1, -0.05) is 40.2 Å². The second-order valence-corrected chi connectivity index (χ2v) is 5.77. The van der Waals surface area contributed by atoms with Gasteiger partial charge in [0.15, 0.2) is 0 Å². The molecule has 0 aliphatic heterocycles. The molecule has 0 saturated carbocycles. The maximum Gasteiger partial charge on any atom is 0.136 e. The molecule has 1 nitrogen and oxygen atoms in total. The van der Waals surface area contributed by atoms with Gasteiger partial charge in [-0.2, -0.15) is 0 Å². The number of rotatable bonds is 0. The molecule has 0 atom stereocenters. The fourth-order valence-corrected chi connectivity index (χ4v) is 3.44. The van der Waals surface area contributed by atoms with Gasteiger partial charge in [0.05, 0.1) is 0 Å². The Morgan fingerprint density at radius 2 is 1.63 bits per heavy atom. The van der Waals surface area contributed by atoms with E-state index in [0.717, 1.165) is 21.0 Å². The average molecular weight is 311 g/mol. The normalized spacial score (nSPS) is 11.7. The van der Waals surface area contributed by atoms with E-state index in [1.165, 1.54) is 21.7 Å². The molecule has 3 aromatic carbocycles. The molecule has 1 heterocycles. The first-order valence-electron chi connectivity index (χ1n) is 6.23. The summed E-state index contributed by atoms with van der Waals surface area (Å²) in [5.74, 6) is 0. The highest BCUT2D eigenvalue weighted by atomic mass is 79.9. The standard InChI is InChI=1S/C17H11BrO/c1-10-6-14(18)17-13-8-11-4-2-3-5-12(11)9-15(13)19-16(17)7-10/h2-9H,1H3. The van der Waals surface area contributed by atoms with Crippen LogP contribution in [0.15, 0.2) is 57.4 Å². The molecule has 2 heteroatoms. The van der Waals surface area contributed by atoms with Crippen LogP contribution in [0.1, 0.15) is 5.56 Å². The fraction of sp³-hybridized carbons (Fsp3) is 0.0588. The number of aryl methyl sites for hydroxylation is 1. The van der Waals surface area contributed by atoms with Crippen molar-refractivity contribution in [2.75, 3.05) is 0 Å². The Morgan fingerprint density at radius 1 is 0.895 bits per heavy atom. The van der Waals surface area contributed by atoms with E-state index in [9.17, 15) is 0 Å². The minimum absolute atomic E-state index is 0.942. The summed E-state index contributed by atoms with van der Waals surface area (Å²) in [6.45, 7) is 2.08. The number of hydrogen-bond acceptors (Lipinski definition) is 1. The van der Waals surface area contributed by atoms with Gasteiger partial charge in [0, 0.05) is 15.2 Å². The minimum atomic E-state index is 0.942. The van der Waals surface area contributed by atoms with Crippen LogP contribution in [0.3, 0.4) is 0 Å². The lowest BCUT2D eigenvalue weighted by Gasteiger charge is -1.98. The van der Waals surface area contributed by atoms with Crippen LogP contribution in [-0.2, 0) is 0 Å². The van der Waals surface area contributed by atoms with Gasteiger partial charge in [-0.05, 0) is 47.5 Å². The van der Waals surface area contributed by atoms with Crippen molar-refractivity contribution in [2.45, 2.75) is 6.92 Å². The molecule has 0 aliphatic carbocycles. The van der Waals surface area contributed by atoms with Crippen LogP contribution in [0.25, 0.3) is 32.7 Å². The fourth-order valence-electron chi connectivity index (χ4n) is 2.67. The van der Waals surface area contributed by atoms with Gasteiger partial charge in [-0.25, -0.2) is 0 Å². The van der Waals surface area contributed by atoms with Gasteiger partial charge in [0.2, 0.25) is 0 Å². The molecule has 4 aromatic rings. The van der Waals surface area contributed by atoms with Gasteiger partial charge in [-0.3, -0.25) is 0 Å². The highest BCUT2D eigenvalue weighted by Gasteiger charge is 2.11. The highest BCUT2D eigenvalue weighted by molar-refractivity contribution is 9.10. The molecule has 0 amide bonds. The Bertz CT molecular complexity index is 934. The molecule has 0 saturated heterocycles. The van der Waals surface area contributed by atoms with Crippen LogP contribution in [0.5, 0.6) is 0 Å². The van der Waals surface area contributed by atoms with Gasteiger partial charge in [0.1, 0.15) is 11.2 Å². The van der Waals surface area contributed by atoms with Crippen LogP contribution in [0.2, 0.25) is 0 Å². The van der Waals surface area contributed by atoms with Gasteiger partial charge >= 0.3 is 0 Å². The van der Waals surface area contributed by atoms with Crippen LogP contribution < -0.4 is 0 Å². The van der Waals surface area contributed by atoms with Gasteiger partial charge < -0.3 is 4.42 Å². The van der Waals surface area contributed by atoms with E-state index in [2.05, 4.69) is 71.4 Å². The molecule has 0 spiro atoms. The summed E-state index contributed by atoms with van der Waals surface area (Å²) in [6.07, 6.45) is 0. The molecular weight excluding hydrogens is 300 g/mol. The number of benzene rings is 3. The third kappa shape index (κ3) is 1.60. The summed E-state index contributed by atoms with van der Waals surface area (Å²) in [6, 6.07) is 16.9. The largest absolute Gasteiger partial charge is 0.456 e. The van der Waals surface area contributed by atoms with Crippen molar-refractivity contribution in [1.29, 1.82) is 0 Å². The molecule has 0 bridgehead atoms. The number of halogens is 1. The zero-order chi connectivity index (χ0) is 13.0. The molecule has 0 aliphatic rings. The Morgan fingerprint density at radius 3 is 2.42 bits per heavy atom. The van der Waals surface area contributed by atoms with E-state index in [4.69, 9.17) is 4.42 Å². The molecule has 0 N–H and O–H groups in total. The molecule has 1 aromatic heterocycles. The van der Waals surface area contributed by atoms with Crippen molar-refractivity contribution in [3.8, 4) is 0 Å². The minimum Gasteiger partial charge on any atom is -0.456 e. The second-order valence-electron chi connectivity index (χ2n) is 4.92. The first-order valence-corrected chi connectivity index (χ1v) is 7.03. The Balaban J connectivity index is 2.26. The second kappa shape index (κ2) is 3.84. The molecule has 4 rings (SSSR count). The quantitative estimate of drug-likeness (QED) is 0.399. The van der Waals surface area contributed by atoms with Crippen molar-refractivity contribution >= 4 is 48.6 Å². The third-order valence-electron chi connectivity index (χ3n) is 3.54. The maximum absolute atomic E-state index is 5.99. The summed E-state index contributed by atoms with van der Waals surface area (Å²) in [5, 5.41) is 4.78. The summed E-state index contributed by atoms with van der Waals surface area (Å²) < 4.78 is 7.09. The van der Waals surface area contributed by atoms with E-state index in [1.54, 1.807) is 0 Å². The van der Waals surface area contributed by atoms with E-state index in [1.807, 2.05) is 0 Å². The third-order valence-corrected chi connectivity index (χ3v) is 4.16. The van der Waals surface area contributed by atoms with E-state index in [-0.39, 0.29) is 0 Å². The Hall–Kier alpha value is -1.80. The summed E-state index contributed by atoms with van der Waals surface area (Å²) >= 11 is 3.65. The zero-order valence-electron chi connectivity index (χ0n) is 10.4. The van der Waals surface area contributed by atoms with Gasteiger partial charge in [0.25, 0.3) is 0 Å². The van der Waals surface area contributed by atoms with Crippen molar-refractivity contribution in [1.82, 2.24) is 0 Å². The lowest BCUT2D eigenvalue weighted by molar-refractivity contribution is 0.669. The summed E-state index contributed by atoms with van der Waals surface area (Å²) in [4.78, 5) is 0. The summed E-state index contributed by atoms with van der Waals surface area (Å²) in [5.41, 5.74) is 3.08. The van der Waals surface area contributed by atoms with Crippen LogP contribution in [0, 0.1) is 6.92 Å². The summed E-state index contributed by atoms with van der Waals surface area (Å²) in [7, 11) is 0. The lowest BCUT2D eigenvalue weighted by atomic mass is 10.1. The number of furan rings is 1. The van der Waals surface area contributed by atoms with Crippen LogP contribution in [-0.4, -0.2) is 0 Å². The van der Waals surface area contributed by atoms with E-state index < -0.39 is 0 Å². The van der Waals surface area contributed by atoms with Crippen LogP contribution >= 0.6 is 15.9 Å². The SMILES string of the molecule is Cc1cc(Br)c2c(c1)oc1cc3ccccc3cc12. The zero-order valence-corrected chi connectivity index (χ0v) is 12.0. The monoisotopic (exact) mass is 310 g/mol. The molecule has 19 heavy (non-hydrogen) atoms. The number of fused-ring (bicyclic) bond motifs is 4. The van der Waals surface area contributed by atoms with E-state index in [0.29, 0.717) is 0 Å². The first kappa shape index (κ1) is 11.1. The molecule has 92 valence electrons. The van der Waals surface area contributed by atoms with Crippen molar-refractivity contribution < 1.29 is 4.42 Å². The smallest absolute Gasteiger partial charge is 0.136 e. The van der Waals surface area contributed by atoms with Gasteiger partial charge in [-0.15, -0.1) is 0 Å². The first-order chi connectivity index (χ1) is 9.22. The van der Waals surface area contributed by atoms with Crippen molar-refractivity contribution in [2.24, 2.45) is 0 Å². The molecule has 0 unspecified atom stereocenters. The Labute approximate surface area is 119 Å². The molecular formula is C17H11BrO. The predicted octanol–water partition coefficient (Wildman–Crippen LogP) is 5.81. The molecule has 0 radical (unpaired) electrons. The predicted molar refractivity (Wildman–Crippen MR) is 83.7 cm³/mol. The number of hydrogen-bond donors (Lipinski definition) is 0. The molecule has 0 fully saturated rings. The highest BCUT2D eigenvalue weighted by Crippen LogP contribution is 2.36. The van der Waals surface area contributed by atoms with E-state index >= 15 is 0 Å². The topological polar surface area (TPSA) is 13.1 Å². The maximum atomic E-state index is 5.99. The average Bonchev–Trinajstić information content (AvgIpc) is 2.72. The Kier molecular flexibility index (Phi) is 2.24. The van der Waals surface area contributed by atoms with Crippen LogP contribution in [0.4, 0.5) is 0 Å². The van der Waals surface area contributed by atoms with Crippen molar-refractivity contribution in [3.63, 3.8) is 0 Å². The van der Waals surface area contributed by atoms with Crippen molar-refractivity contribution in [3.05, 3.63) is 58.6 Å². The lowest BCUT2D eigenvalue weighted by Crippen LogP contribution is -1.75.